The van der Waals surface area contributed by atoms with Crippen LogP contribution in [0.5, 0.6) is 0 Å². The molecule has 1 aromatic heterocycles. The van der Waals surface area contributed by atoms with Gasteiger partial charge in [0.05, 0.1) is 12.1 Å². The van der Waals surface area contributed by atoms with E-state index in [9.17, 15) is 19.8 Å². The molecule has 2 N–H and O–H groups in total. The van der Waals surface area contributed by atoms with Crippen molar-refractivity contribution in [3.05, 3.63) is 28.6 Å². The third-order valence-corrected chi connectivity index (χ3v) is 4.94. The van der Waals surface area contributed by atoms with Gasteiger partial charge in [0, 0.05) is 29.1 Å². The molecule has 1 aromatic rings. The monoisotopic (exact) mass is 321 g/mol. The summed E-state index contributed by atoms with van der Waals surface area (Å²) in [6.07, 6.45) is 1.09. The maximum atomic E-state index is 11.8. The molecule has 2 unspecified atom stereocenters. The molecule has 7 nitrogen and oxygen atoms in total. The highest BCUT2D eigenvalue weighted by Gasteiger charge is 2.55. The standard InChI is InChI=1S/C14H15N3O4S/c1-6-3-4-15-14(16-6)22-12-10(7(2)18)8-5-9(19)17(8)11(12)13(20)21/h3-4,7-8,10,18H,5H2,1-2H3,(H,20,21)/t7-,8?,10?/m1/s1. The molecule has 3 rings (SSSR count). The number of nitrogens with zero attached hydrogens (tertiary/aromatic N) is 3. The Morgan fingerprint density at radius 1 is 1.55 bits per heavy atom. The summed E-state index contributed by atoms with van der Waals surface area (Å²) in [4.78, 5) is 33.4. The second-order valence-electron chi connectivity index (χ2n) is 5.40. The Morgan fingerprint density at radius 2 is 2.27 bits per heavy atom. The number of carboxylic acids is 1. The molecule has 2 aliphatic heterocycles. The second kappa shape index (κ2) is 5.36. The van der Waals surface area contributed by atoms with Crippen molar-refractivity contribution < 1.29 is 19.8 Å². The van der Waals surface area contributed by atoms with Gasteiger partial charge >= 0.3 is 5.97 Å². The van der Waals surface area contributed by atoms with E-state index in [-0.39, 0.29) is 24.1 Å². The number of amides is 1. The molecule has 1 saturated heterocycles. The molecule has 116 valence electrons. The van der Waals surface area contributed by atoms with Crippen molar-refractivity contribution in [3.8, 4) is 0 Å². The Kier molecular flexibility index (Phi) is 3.65. The molecular weight excluding hydrogens is 306 g/mol. The number of fused-ring (bicyclic) bond motifs is 1. The second-order valence-corrected chi connectivity index (χ2v) is 6.41. The van der Waals surface area contributed by atoms with Crippen molar-refractivity contribution in [2.45, 2.75) is 37.6 Å². The van der Waals surface area contributed by atoms with E-state index in [4.69, 9.17) is 0 Å². The van der Waals surface area contributed by atoms with Gasteiger partial charge in [0.2, 0.25) is 5.91 Å². The molecule has 22 heavy (non-hydrogen) atoms. The van der Waals surface area contributed by atoms with Gasteiger partial charge in [0.1, 0.15) is 5.70 Å². The van der Waals surface area contributed by atoms with E-state index in [0.29, 0.717) is 10.1 Å². The molecule has 0 aliphatic carbocycles. The smallest absolute Gasteiger partial charge is 0.353 e. The van der Waals surface area contributed by atoms with Crippen LogP contribution in [0.4, 0.5) is 0 Å². The largest absolute Gasteiger partial charge is 0.477 e. The van der Waals surface area contributed by atoms with Crippen LogP contribution in [-0.4, -0.2) is 49.1 Å². The Balaban J connectivity index is 2.03. The van der Waals surface area contributed by atoms with Crippen LogP contribution in [0.25, 0.3) is 0 Å². The Bertz CT molecular complexity index is 688. The quantitative estimate of drug-likeness (QED) is 0.624. The SMILES string of the molecule is Cc1ccnc(SC2=C(C(=O)O)N3C(=O)CC3C2[C@@H](C)O)n1. The zero-order valence-electron chi connectivity index (χ0n) is 12.1. The Hall–Kier alpha value is -1.93. The summed E-state index contributed by atoms with van der Waals surface area (Å²) in [5.74, 6) is -1.82. The number of aromatic nitrogens is 2. The normalized spacial score (nSPS) is 25.0. The molecule has 8 heteroatoms. The number of carbonyl (C=O) groups is 2. The lowest BCUT2D eigenvalue weighted by molar-refractivity contribution is -0.149. The minimum absolute atomic E-state index is 0.0535. The number of rotatable bonds is 4. The first kappa shape index (κ1) is 15.0. The zero-order chi connectivity index (χ0) is 16.0. The van der Waals surface area contributed by atoms with Crippen molar-refractivity contribution in [1.29, 1.82) is 0 Å². The van der Waals surface area contributed by atoms with Gasteiger partial charge in [0.25, 0.3) is 0 Å². The van der Waals surface area contributed by atoms with Gasteiger partial charge < -0.3 is 15.1 Å². The van der Waals surface area contributed by atoms with Gasteiger partial charge in [-0.15, -0.1) is 0 Å². The van der Waals surface area contributed by atoms with E-state index >= 15 is 0 Å². The summed E-state index contributed by atoms with van der Waals surface area (Å²) < 4.78 is 0. The Labute approximate surface area is 131 Å². The molecule has 3 atom stereocenters. The van der Waals surface area contributed by atoms with Crippen molar-refractivity contribution in [1.82, 2.24) is 14.9 Å². The lowest BCUT2D eigenvalue weighted by Gasteiger charge is -2.39. The van der Waals surface area contributed by atoms with E-state index in [1.54, 1.807) is 19.2 Å². The Morgan fingerprint density at radius 3 is 2.82 bits per heavy atom. The van der Waals surface area contributed by atoms with E-state index in [2.05, 4.69) is 9.97 Å². The fourth-order valence-electron chi connectivity index (χ4n) is 2.91. The highest BCUT2D eigenvalue weighted by molar-refractivity contribution is 8.03. The van der Waals surface area contributed by atoms with Crippen molar-refractivity contribution in [2.24, 2.45) is 5.92 Å². The third kappa shape index (κ3) is 2.28. The third-order valence-electron chi connectivity index (χ3n) is 3.87. The lowest BCUT2D eigenvalue weighted by atomic mass is 9.89. The number of aryl methyl sites for hydroxylation is 1. The van der Waals surface area contributed by atoms with Crippen molar-refractivity contribution in [2.75, 3.05) is 0 Å². The number of aliphatic hydroxyl groups excluding tert-OH is 1. The maximum Gasteiger partial charge on any atom is 0.353 e. The van der Waals surface area contributed by atoms with Crippen LogP contribution in [0, 0.1) is 12.8 Å². The highest BCUT2D eigenvalue weighted by Crippen LogP contribution is 2.49. The number of aliphatic carboxylic acids is 1. The van der Waals surface area contributed by atoms with E-state index < -0.39 is 18.0 Å². The van der Waals surface area contributed by atoms with Gasteiger partial charge in [-0.1, -0.05) is 11.8 Å². The molecule has 1 fully saturated rings. The molecule has 0 aromatic carbocycles. The van der Waals surface area contributed by atoms with Crippen LogP contribution in [0.1, 0.15) is 19.0 Å². The summed E-state index contributed by atoms with van der Waals surface area (Å²) in [7, 11) is 0. The average Bonchev–Trinajstić information content (AvgIpc) is 2.68. The fraction of sp³-hybridized carbons (Fsp3) is 0.429. The molecule has 0 bridgehead atoms. The predicted molar refractivity (Wildman–Crippen MR) is 77.7 cm³/mol. The van der Waals surface area contributed by atoms with Crippen LogP contribution in [0.2, 0.25) is 0 Å². The number of hydrogen-bond acceptors (Lipinski definition) is 6. The average molecular weight is 321 g/mol. The van der Waals surface area contributed by atoms with Crippen LogP contribution in [0.15, 0.2) is 28.0 Å². The topological polar surface area (TPSA) is 104 Å². The minimum Gasteiger partial charge on any atom is -0.477 e. The van der Waals surface area contributed by atoms with Gasteiger partial charge in [-0.25, -0.2) is 14.8 Å². The van der Waals surface area contributed by atoms with Crippen molar-refractivity contribution >= 4 is 23.6 Å². The van der Waals surface area contributed by atoms with E-state index in [0.717, 1.165) is 17.5 Å². The minimum atomic E-state index is -1.17. The first-order valence-electron chi connectivity index (χ1n) is 6.85. The number of carboxylic acid groups (broad SMARTS) is 1. The molecule has 0 spiro atoms. The number of β-lactam (4-membered cyclic amide) rings is 1. The highest BCUT2D eigenvalue weighted by atomic mass is 32.2. The predicted octanol–water partition coefficient (Wildman–Crippen LogP) is 0.785. The first-order chi connectivity index (χ1) is 10.4. The molecule has 1 amide bonds. The summed E-state index contributed by atoms with van der Waals surface area (Å²) in [5.41, 5.74) is 0.711. The van der Waals surface area contributed by atoms with Gasteiger partial charge in [-0.3, -0.25) is 4.79 Å². The van der Waals surface area contributed by atoms with Crippen molar-refractivity contribution in [3.63, 3.8) is 0 Å². The lowest BCUT2D eigenvalue weighted by Crippen LogP contribution is -2.53. The van der Waals surface area contributed by atoms with Crippen LogP contribution in [0.3, 0.4) is 0 Å². The molecule has 3 heterocycles. The number of aliphatic hydroxyl groups is 1. The van der Waals surface area contributed by atoms with Crippen LogP contribution < -0.4 is 0 Å². The van der Waals surface area contributed by atoms with Gasteiger partial charge in [-0.2, -0.15) is 0 Å². The molecule has 0 saturated carbocycles. The molecule has 2 aliphatic rings. The molecule has 0 radical (unpaired) electrons. The first-order valence-corrected chi connectivity index (χ1v) is 7.67. The number of thioether (sulfide) groups is 1. The summed E-state index contributed by atoms with van der Waals surface area (Å²) in [5, 5.41) is 19.9. The fourth-order valence-corrected chi connectivity index (χ4v) is 4.18. The van der Waals surface area contributed by atoms with E-state index in [1.807, 2.05) is 6.92 Å². The summed E-state index contributed by atoms with van der Waals surface area (Å²) in [6, 6.07) is 1.46. The summed E-state index contributed by atoms with van der Waals surface area (Å²) >= 11 is 1.11. The van der Waals surface area contributed by atoms with E-state index in [1.165, 1.54) is 4.90 Å². The van der Waals surface area contributed by atoms with Gasteiger partial charge in [0.15, 0.2) is 5.16 Å². The zero-order valence-corrected chi connectivity index (χ0v) is 12.9. The van der Waals surface area contributed by atoms with Crippen LogP contribution >= 0.6 is 11.8 Å². The number of hydrogen-bond donors (Lipinski definition) is 2. The maximum absolute atomic E-state index is 11.8. The van der Waals surface area contributed by atoms with Gasteiger partial charge in [-0.05, 0) is 19.9 Å². The summed E-state index contributed by atoms with van der Waals surface area (Å²) in [6.45, 7) is 3.42. The molecular formula is C14H15N3O4S. The van der Waals surface area contributed by atoms with Crippen LogP contribution in [-0.2, 0) is 9.59 Å². The number of carbonyl (C=O) groups excluding carboxylic acids is 1.